The largest absolute Gasteiger partial charge is 0.456 e. The molecule has 9 nitrogen and oxygen atoms in total. The van der Waals surface area contributed by atoms with Crippen LogP contribution in [0.25, 0.3) is 263 Å². The summed E-state index contributed by atoms with van der Waals surface area (Å²) >= 11 is 1.87. The molecule has 0 fully saturated rings. The van der Waals surface area contributed by atoms with E-state index >= 15 is 0 Å². The van der Waals surface area contributed by atoms with Gasteiger partial charge in [0.05, 0.1) is 71.9 Å². The molecule has 10 heteroatoms. The van der Waals surface area contributed by atoms with Crippen LogP contribution in [0.3, 0.4) is 0 Å². The molecule has 0 spiro atoms. The lowest BCUT2D eigenvalue weighted by atomic mass is 10.0. The zero-order chi connectivity index (χ0) is 88.5. The van der Waals surface area contributed by atoms with E-state index in [-0.39, 0.29) is 22.3 Å². The summed E-state index contributed by atoms with van der Waals surface area (Å²) in [6, 6.07) is 166. The second-order valence-electron chi connectivity index (χ2n) is 35.2. The maximum Gasteiger partial charge on any atom is 0.227 e. The van der Waals surface area contributed by atoms with E-state index in [9.17, 15) is 0 Å². The van der Waals surface area contributed by atoms with E-state index in [2.05, 4.69) is 475 Å². The lowest BCUT2D eigenvalue weighted by Crippen LogP contribution is -1.94. The molecular weight excluding hydrogens is 1700 g/mol. The van der Waals surface area contributed by atoms with Crippen LogP contribution in [-0.2, 0) is 0 Å². The van der Waals surface area contributed by atoms with Gasteiger partial charge in [0, 0.05) is 141 Å². The van der Waals surface area contributed by atoms with Gasteiger partial charge in [0.2, 0.25) is 5.71 Å². The Kier molecular flexibility index (Phi) is 19.5. The first kappa shape index (κ1) is 82.1. The maximum atomic E-state index is 6.37. The van der Waals surface area contributed by atoms with Crippen LogP contribution in [0.2, 0.25) is 0 Å². The first-order chi connectivity index (χ1) is 67.0. The van der Waals surface area contributed by atoms with Crippen molar-refractivity contribution < 1.29 is 8.83 Å². The van der Waals surface area contributed by atoms with Crippen molar-refractivity contribution in [3.8, 4) is 67.5 Å². The summed E-state index contributed by atoms with van der Waals surface area (Å²) in [6.07, 6.45) is 1.78. The van der Waals surface area contributed by atoms with Gasteiger partial charge in [-0.2, -0.15) is 0 Å². The van der Waals surface area contributed by atoms with Crippen LogP contribution >= 0.6 is 11.3 Å². The van der Waals surface area contributed by atoms with Crippen molar-refractivity contribution in [1.82, 2.24) is 32.4 Å². The smallest absolute Gasteiger partial charge is 0.227 e. The lowest BCUT2D eigenvalue weighted by molar-refractivity contribution is 0.652. The number of aromatic nitrogens is 7. The van der Waals surface area contributed by atoms with Crippen molar-refractivity contribution in [3.05, 3.63) is 467 Å². The van der Waals surface area contributed by atoms with E-state index in [1.165, 1.54) is 196 Å². The molecular formula is C128H89N7O2S. The zero-order valence-electron chi connectivity index (χ0n) is 72.8. The van der Waals surface area contributed by atoms with E-state index in [0.29, 0.717) is 5.71 Å². The summed E-state index contributed by atoms with van der Waals surface area (Å²) in [5, 5.41) is 22.0. The third kappa shape index (κ3) is 12.9. The van der Waals surface area contributed by atoms with Crippen LogP contribution in [-0.4, -0.2) is 32.4 Å². The summed E-state index contributed by atoms with van der Waals surface area (Å²) in [5.74, 6) is 0. The number of nitrogens with zero attached hydrogens (tertiary/aromatic N) is 7. The minimum Gasteiger partial charge on any atom is -0.456 e. The van der Waals surface area contributed by atoms with Crippen LogP contribution in [0, 0.1) is 0 Å². The van der Waals surface area contributed by atoms with Gasteiger partial charge in [-0.1, -0.05) is 271 Å². The average molecular weight is 1790 g/mol. The van der Waals surface area contributed by atoms with Gasteiger partial charge in [0.25, 0.3) is 0 Å². The van der Waals surface area contributed by atoms with Crippen LogP contribution < -0.4 is 0 Å². The van der Waals surface area contributed by atoms with E-state index < -0.39 is 0 Å². The number of thiophene rings is 1. The van der Waals surface area contributed by atoms with Crippen molar-refractivity contribution in [2.75, 3.05) is 0 Å². The van der Waals surface area contributed by atoms with E-state index in [4.69, 9.17) is 8.83 Å². The highest BCUT2D eigenvalue weighted by atomic mass is 32.1. The second-order valence-corrected chi connectivity index (χ2v) is 36.3. The molecule has 10 aromatic heterocycles. The first-order valence-corrected chi connectivity index (χ1v) is 46.8. The predicted molar refractivity (Wildman–Crippen MR) is 587 cm³/mol. The fourth-order valence-electron chi connectivity index (χ4n) is 21.8. The summed E-state index contributed by atoms with van der Waals surface area (Å²) in [7, 11) is 0. The quantitative estimate of drug-likeness (QED) is 0.145. The van der Waals surface area contributed by atoms with Crippen molar-refractivity contribution in [1.29, 1.82) is 0 Å². The molecule has 0 saturated carbocycles. The topological polar surface area (TPSA) is 68.8 Å². The molecule has 0 aliphatic heterocycles. The molecule has 0 aliphatic carbocycles. The van der Waals surface area contributed by atoms with Gasteiger partial charge < -0.3 is 36.2 Å². The molecule has 0 N–H and O–H groups in total. The number of benzene rings is 20. The maximum absolute atomic E-state index is 6.37. The molecule has 0 atom stereocenters. The molecule has 30 aromatic rings. The highest BCUT2D eigenvalue weighted by Crippen LogP contribution is 2.47. The number of hydrogen-bond acceptors (Lipinski definition) is 4. The average Bonchev–Trinajstić information content (AvgIpc) is 1.57. The van der Waals surface area contributed by atoms with Gasteiger partial charge >= 0.3 is 0 Å². The number of hydrogen-bond donors (Lipinski definition) is 0. The van der Waals surface area contributed by atoms with Gasteiger partial charge in [-0.3, -0.25) is 0 Å². The van der Waals surface area contributed by atoms with Gasteiger partial charge in [-0.15, -0.1) is 11.3 Å². The summed E-state index contributed by atoms with van der Waals surface area (Å²) < 4.78 is 29.4. The summed E-state index contributed by atoms with van der Waals surface area (Å²) in [4.78, 5) is 4.49. The van der Waals surface area contributed by atoms with Gasteiger partial charge in [0.1, 0.15) is 11.2 Å². The number of rotatable bonds is 9. The molecule has 0 aliphatic rings. The van der Waals surface area contributed by atoms with Crippen molar-refractivity contribution in [2.24, 2.45) is 0 Å². The van der Waals surface area contributed by atoms with Crippen LogP contribution in [0.5, 0.6) is 0 Å². The van der Waals surface area contributed by atoms with E-state index in [1.807, 2.05) is 29.5 Å². The number of pyridine rings is 1. The third-order valence-corrected chi connectivity index (χ3v) is 29.0. The SMILES string of the molecule is C.C.C.c1ccc(-n2c3ccccc3c3cc(-c4ccc5c(c4)c4ccccc4n5-c4ccc5oc6ccccc6c5c4)ccc32)cc1.c1ccc(-n2c3ccccc3c3cc(-c4ccc5c(c4)c4ccccc4n5-c4ccc5sc6ccccc6c5c4)ccc32)cc1.c1ccc(-n2c3ccccc3c3cc(-c4ccc5c(c4)c4ccccc4n5-c4cccc5c4oc4ncccc45)ccc32)cc1. The monoisotopic (exact) mass is 1790 g/mol. The molecule has 0 unspecified atom stereocenters. The standard InChI is InChI=1S/C42H26N2O.C42H26N2S.C41H25N3O.3CH4/c2*1-2-10-29(11-3-1)43-37-15-7-4-12-31(37)34-24-27(18-21-39(34)43)28-19-22-40-35(25-28)32-13-5-8-16-38(32)44(40)30-20-23-42-36(26-30)33-14-6-9-17-41(33)45-42;1-2-10-28(11-3-1)43-35-16-6-4-12-29(35)33-24-26(19-21-37(33)43)27-20-22-38-34(25-27)30-13-5-7-17-36(30)44(38)39-18-8-14-31-32-15-9-23-42-41(32)45-40(31)39;;;/h2*1-26H;1-25H;3*1H4. The normalized spacial score (nSPS) is 11.7. The Balaban J connectivity index is 0.000000109. The fraction of sp³-hybridized carbons (Fsp3) is 0.0234. The Hall–Kier alpha value is -17.8. The predicted octanol–water partition coefficient (Wildman–Crippen LogP) is 36.1. The number of fused-ring (bicyclic) bond motifs is 27. The Bertz CT molecular complexity index is 9710. The first-order valence-electron chi connectivity index (χ1n) is 45.9. The number of furan rings is 2. The third-order valence-electron chi connectivity index (χ3n) is 27.8. The summed E-state index contributed by atoms with van der Waals surface area (Å²) in [5.41, 5.74) is 31.9. The van der Waals surface area contributed by atoms with Gasteiger partial charge in [0.15, 0.2) is 5.58 Å². The van der Waals surface area contributed by atoms with E-state index in [1.54, 1.807) is 6.20 Å². The Labute approximate surface area is 798 Å². The van der Waals surface area contributed by atoms with Crippen LogP contribution in [0.1, 0.15) is 22.3 Å². The van der Waals surface area contributed by atoms with Gasteiger partial charge in [-0.05, 0) is 246 Å². The zero-order valence-corrected chi connectivity index (χ0v) is 73.6. The minimum atomic E-state index is 0. The van der Waals surface area contributed by atoms with Crippen LogP contribution in [0.15, 0.2) is 476 Å². The molecule has 20 aromatic carbocycles. The molecule has 654 valence electrons. The Morgan fingerprint density at radius 2 is 0.471 bits per heavy atom. The van der Waals surface area contributed by atoms with Crippen molar-refractivity contribution in [2.45, 2.75) is 22.3 Å². The second kappa shape index (κ2) is 32.8. The minimum absolute atomic E-state index is 0. The molecule has 138 heavy (non-hydrogen) atoms. The van der Waals surface area contributed by atoms with Crippen molar-refractivity contribution in [3.63, 3.8) is 0 Å². The Morgan fingerprint density at radius 1 is 0.174 bits per heavy atom. The molecule has 0 amide bonds. The highest BCUT2D eigenvalue weighted by Gasteiger charge is 2.25. The highest BCUT2D eigenvalue weighted by molar-refractivity contribution is 7.25. The van der Waals surface area contributed by atoms with E-state index in [0.717, 1.165) is 60.7 Å². The molecule has 0 saturated heterocycles. The van der Waals surface area contributed by atoms with Gasteiger partial charge in [-0.25, -0.2) is 4.98 Å². The molecule has 10 heterocycles. The number of para-hydroxylation sites is 11. The van der Waals surface area contributed by atoms with Crippen molar-refractivity contribution >= 4 is 206 Å². The lowest BCUT2D eigenvalue weighted by Gasteiger charge is -2.10. The summed E-state index contributed by atoms with van der Waals surface area (Å²) in [6.45, 7) is 0. The van der Waals surface area contributed by atoms with Crippen LogP contribution in [0.4, 0.5) is 0 Å². The Morgan fingerprint density at radius 3 is 0.884 bits per heavy atom. The fourth-order valence-corrected chi connectivity index (χ4v) is 22.9. The molecule has 30 rings (SSSR count). The molecule has 0 bridgehead atoms. The molecule has 0 radical (unpaired) electrons.